The van der Waals surface area contributed by atoms with Gasteiger partial charge in [-0.1, -0.05) is 48.5 Å². The summed E-state index contributed by atoms with van der Waals surface area (Å²) < 4.78 is 45.4. The van der Waals surface area contributed by atoms with Crippen molar-refractivity contribution in [2.24, 2.45) is 17.8 Å². The third kappa shape index (κ3) is 5.00. The Kier molecular flexibility index (Phi) is 6.49. The van der Waals surface area contributed by atoms with E-state index in [2.05, 4.69) is 5.32 Å². The lowest BCUT2D eigenvalue weighted by Gasteiger charge is -2.20. The molecule has 1 fully saturated rings. The van der Waals surface area contributed by atoms with Crippen LogP contribution >= 0.6 is 0 Å². The van der Waals surface area contributed by atoms with Crippen molar-refractivity contribution < 1.29 is 37.4 Å². The van der Waals surface area contributed by atoms with Crippen LogP contribution in [0.4, 0.5) is 18.0 Å². The highest BCUT2D eigenvalue weighted by Crippen LogP contribution is 2.44. The molecule has 0 bridgehead atoms. The molecule has 7 nitrogen and oxygen atoms in total. The first-order valence-electron chi connectivity index (χ1n) is 10.8. The van der Waals surface area contributed by atoms with Gasteiger partial charge in [-0.15, -0.1) is 0 Å². The number of carbonyl (C=O) groups is 3. The number of carboxylic acid groups (broad SMARTS) is 1. The number of nitrogens with one attached hydrogen (secondary N) is 2. The zero-order chi connectivity index (χ0) is 24.5. The highest BCUT2D eigenvalue weighted by atomic mass is 19.4. The minimum absolute atomic E-state index is 0.0685. The number of aliphatic carboxylic acids is 1. The van der Waals surface area contributed by atoms with Crippen LogP contribution in [0, 0.1) is 17.8 Å². The predicted molar refractivity (Wildman–Crippen MR) is 115 cm³/mol. The van der Waals surface area contributed by atoms with E-state index >= 15 is 0 Å². The number of benzene rings is 2. The summed E-state index contributed by atoms with van der Waals surface area (Å²) in [4.78, 5) is 35.1. The number of amides is 2. The average Bonchev–Trinajstić information content (AvgIpc) is 3.51. The Hall–Kier alpha value is -3.56. The molecule has 1 saturated carbocycles. The van der Waals surface area contributed by atoms with Gasteiger partial charge < -0.3 is 20.5 Å². The summed E-state index contributed by atoms with van der Waals surface area (Å²) in [5.74, 6) is -6.12. The zero-order valence-electron chi connectivity index (χ0n) is 18.0. The topological polar surface area (TPSA) is 105 Å². The van der Waals surface area contributed by atoms with Crippen molar-refractivity contribution in [1.29, 1.82) is 0 Å². The SMILES string of the molecule is O=C(NCC(C(=O)NCC1CC1C(=O)O)C(F)(F)F)OCC1c2ccccc2-c2ccccc21. The Morgan fingerprint density at radius 3 is 2.12 bits per heavy atom. The number of fused-ring (bicyclic) bond motifs is 3. The van der Waals surface area contributed by atoms with Gasteiger partial charge in [0.25, 0.3) is 0 Å². The smallest absolute Gasteiger partial charge is 0.407 e. The second kappa shape index (κ2) is 9.36. The molecule has 180 valence electrons. The van der Waals surface area contributed by atoms with Gasteiger partial charge in [-0.3, -0.25) is 9.59 Å². The highest BCUT2D eigenvalue weighted by molar-refractivity contribution is 5.81. The second-order valence-electron chi connectivity index (χ2n) is 8.49. The van der Waals surface area contributed by atoms with Crippen LogP contribution in [0.25, 0.3) is 11.1 Å². The molecular formula is C24H23F3N2O5. The summed E-state index contributed by atoms with van der Waals surface area (Å²) in [6.07, 6.45) is -5.64. The van der Waals surface area contributed by atoms with Gasteiger partial charge >= 0.3 is 18.2 Å². The number of carbonyl (C=O) groups excluding carboxylic acids is 2. The van der Waals surface area contributed by atoms with Crippen molar-refractivity contribution in [1.82, 2.24) is 10.6 Å². The molecular weight excluding hydrogens is 453 g/mol. The number of alkyl halides is 3. The lowest BCUT2D eigenvalue weighted by molar-refractivity contribution is -0.181. The van der Waals surface area contributed by atoms with Gasteiger partial charge in [0.1, 0.15) is 6.61 Å². The lowest BCUT2D eigenvalue weighted by atomic mass is 9.98. The summed E-state index contributed by atoms with van der Waals surface area (Å²) in [5.41, 5.74) is 3.95. The van der Waals surface area contributed by atoms with E-state index < -0.39 is 42.5 Å². The number of alkyl carbamates (subject to hydrolysis) is 1. The Balaban J connectivity index is 1.31. The number of hydrogen-bond acceptors (Lipinski definition) is 4. The fourth-order valence-electron chi connectivity index (χ4n) is 4.32. The van der Waals surface area contributed by atoms with Gasteiger partial charge in [0.15, 0.2) is 5.92 Å². The molecule has 2 aliphatic rings. The molecule has 2 amide bonds. The number of hydrogen-bond donors (Lipinski definition) is 3. The Bertz CT molecular complexity index is 1060. The summed E-state index contributed by atoms with van der Waals surface area (Å²) in [6, 6.07) is 15.3. The Morgan fingerprint density at radius 2 is 1.59 bits per heavy atom. The van der Waals surface area contributed by atoms with Crippen LogP contribution in [-0.2, 0) is 14.3 Å². The Labute approximate surface area is 193 Å². The third-order valence-corrected chi connectivity index (χ3v) is 6.28. The normalized spacial score (nSPS) is 19.5. The first-order chi connectivity index (χ1) is 16.2. The molecule has 0 radical (unpaired) electrons. The van der Waals surface area contributed by atoms with Crippen molar-refractivity contribution in [3.8, 4) is 11.1 Å². The molecule has 3 N–H and O–H groups in total. The molecule has 2 aliphatic carbocycles. The van der Waals surface area contributed by atoms with Crippen molar-refractivity contribution >= 4 is 18.0 Å². The fourth-order valence-corrected chi connectivity index (χ4v) is 4.32. The molecule has 2 aromatic rings. The molecule has 3 unspecified atom stereocenters. The summed E-state index contributed by atoms with van der Waals surface area (Å²) in [7, 11) is 0. The number of rotatable bonds is 8. The van der Waals surface area contributed by atoms with Crippen molar-refractivity contribution in [2.45, 2.75) is 18.5 Å². The maximum Gasteiger partial charge on any atom is 0.407 e. The van der Waals surface area contributed by atoms with Crippen LogP contribution in [0.3, 0.4) is 0 Å². The van der Waals surface area contributed by atoms with E-state index in [0.717, 1.165) is 22.3 Å². The van der Waals surface area contributed by atoms with Gasteiger partial charge in [-0.05, 0) is 34.6 Å². The van der Waals surface area contributed by atoms with Crippen LogP contribution in [0.15, 0.2) is 48.5 Å². The maximum absolute atomic E-state index is 13.4. The molecule has 0 aliphatic heterocycles. The van der Waals surface area contributed by atoms with Gasteiger partial charge in [-0.25, -0.2) is 4.79 Å². The third-order valence-electron chi connectivity index (χ3n) is 6.28. The van der Waals surface area contributed by atoms with Crippen molar-refractivity contribution in [3.63, 3.8) is 0 Å². The first-order valence-corrected chi connectivity index (χ1v) is 10.8. The molecule has 0 heterocycles. The molecule has 3 atom stereocenters. The van der Waals surface area contributed by atoms with E-state index in [1.165, 1.54) is 0 Å². The minimum atomic E-state index is -4.89. The first kappa shape index (κ1) is 23.6. The summed E-state index contributed by atoms with van der Waals surface area (Å²) in [6.45, 7) is -1.21. The molecule has 10 heteroatoms. The largest absolute Gasteiger partial charge is 0.481 e. The van der Waals surface area contributed by atoms with Gasteiger partial charge in [0.05, 0.1) is 5.92 Å². The maximum atomic E-state index is 13.4. The van der Waals surface area contributed by atoms with E-state index in [1.54, 1.807) is 0 Å². The van der Waals surface area contributed by atoms with Crippen LogP contribution in [0.1, 0.15) is 23.5 Å². The van der Waals surface area contributed by atoms with E-state index in [1.807, 2.05) is 53.8 Å². The van der Waals surface area contributed by atoms with Gasteiger partial charge in [0.2, 0.25) is 5.91 Å². The van der Waals surface area contributed by atoms with E-state index in [0.29, 0.717) is 6.42 Å². The van der Waals surface area contributed by atoms with E-state index in [-0.39, 0.29) is 25.0 Å². The second-order valence-corrected chi connectivity index (χ2v) is 8.49. The zero-order valence-corrected chi connectivity index (χ0v) is 18.0. The molecule has 4 rings (SSSR count). The molecule has 0 saturated heterocycles. The molecule has 0 spiro atoms. The van der Waals surface area contributed by atoms with Gasteiger partial charge in [0, 0.05) is 19.0 Å². The van der Waals surface area contributed by atoms with Crippen LogP contribution in [0.5, 0.6) is 0 Å². The van der Waals surface area contributed by atoms with E-state index in [9.17, 15) is 27.6 Å². The minimum Gasteiger partial charge on any atom is -0.481 e. The van der Waals surface area contributed by atoms with Crippen molar-refractivity contribution in [2.75, 3.05) is 19.7 Å². The number of halogens is 3. The molecule has 2 aromatic carbocycles. The fraction of sp³-hybridized carbons (Fsp3) is 0.375. The molecule has 34 heavy (non-hydrogen) atoms. The van der Waals surface area contributed by atoms with Crippen LogP contribution < -0.4 is 10.6 Å². The highest BCUT2D eigenvalue weighted by Gasteiger charge is 2.47. The standard InChI is InChI=1S/C24H23F3N2O5/c25-24(26,27)20(21(30)28-10-13-9-18(13)22(31)32)11-29-23(33)34-12-19-16-7-3-1-5-14(16)15-6-2-4-8-17(15)19/h1-8,13,18-20H,9-12H2,(H,28,30)(H,29,33)(H,31,32). The van der Waals surface area contributed by atoms with Crippen LogP contribution in [0.2, 0.25) is 0 Å². The quantitative estimate of drug-likeness (QED) is 0.541. The number of ether oxygens (including phenoxy) is 1. The average molecular weight is 476 g/mol. The summed E-state index contributed by atoms with van der Waals surface area (Å²) in [5, 5.41) is 13.0. The predicted octanol–water partition coefficient (Wildman–Crippen LogP) is 3.54. The van der Waals surface area contributed by atoms with Gasteiger partial charge in [-0.2, -0.15) is 13.2 Å². The summed E-state index contributed by atoms with van der Waals surface area (Å²) >= 11 is 0. The number of carboxylic acids is 1. The van der Waals surface area contributed by atoms with E-state index in [4.69, 9.17) is 9.84 Å². The van der Waals surface area contributed by atoms with Crippen LogP contribution in [-0.4, -0.2) is 48.9 Å². The monoisotopic (exact) mass is 476 g/mol. The lowest BCUT2D eigenvalue weighted by Crippen LogP contribution is -2.46. The Morgan fingerprint density at radius 1 is 1.00 bits per heavy atom. The van der Waals surface area contributed by atoms with Crippen molar-refractivity contribution in [3.05, 3.63) is 59.7 Å². The molecule has 0 aromatic heterocycles.